The molecule has 0 unspecified atom stereocenters. The highest BCUT2D eigenvalue weighted by molar-refractivity contribution is 7.89. The third-order valence-electron chi connectivity index (χ3n) is 2.46. The Morgan fingerprint density at radius 1 is 1.39 bits per heavy atom. The van der Waals surface area contributed by atoms with Gasteiger partial charge in [0.05, 0.1) is 11.3 Å². The van der Waals surface area contributed by atoms with E-state index in [9.17, 15) is 13.2 Å². The van der Waals surface area contributed by atoms with Crippen molar-refractivity contribution in [1.82, 2.24) is 4.31 Å². The number of sulfonamides is 1. The predicted octanol–water partition coefficient (Wildman–Crippen LogP) is 1.42. The SMILES string of the molecule is C=Cc1ccc(S(=O)(=O)N(C)CCC(=O)O)cc1. The van der Waals surface area contributed by atoms with Crippen molar-refractivity contribution in [1.29, 1.82) is 0 Å². The minimum atomic E-state index is -3.62. The van der Waals surface area contributed by atoms with Gasteiger partial charge in [-0.1, -0.05) is 24.8 Å². The molecule has 1 aromatic carbocycles. The van der Waals surface area contributed by atoms with Crippen LogP contribution in [0, 0.1) is 0 Å². The van der Waals surface area contributed by atoms with E-state index in [1.54, 1.807) is 18.2 Å². The number of aliphatic carboxylic acids is 1. The molecule has 1 aromatic rings. The van der Waals surface area contributed by atoms with Crippen LogP contribution < -0.4 is 0 Å². The number of carboxylic acids is 1. The van der Waals surface area contributed by atoms with E-state index in [-0.39, 0.29) is 17.9 Å². The molecule has 6 heteroatoms. The van der Waals surface area contributed by atoms with Crippen LogP contribution in [0.5, 0.6) is 0 Å². The Morgan fingerprint density at radius 3 is 2.39 bits per heavy atom. The van der Waals surface area contributed by atoms with Crippen molar-refractivity contribution < 1.29 is 18.3 Å². The average molecular weight is 269 g/mol. The smallest absolute Gasteiger partial charge is 0.304 e. The van der Waals surface area contributed by atoms with Gasteiger partial charge in [0.1, 0.15) is 0 Å². The molecule has 18 heavy (non-hydrogen) atoms. The predicted molar refractivity (Wildman–Crippen MR) is 68.6 cm³/mol. The third-order valence-corrected chi connectivity index (χ3v) is 4.34. The second-order valence-electron chi connectivity index (χ2n) is 3.74. The number of rotatable bonds is 6. The zero-order chi connectivity index (χ0) is 13.8. The van der Waals surface area contributed by atoms with Gasteiger partial charge in [0.15, 0.2) is 0 Å². The first-order valence-electron chi connectivity index (χ1n) is 5.28. The first-order valence-corrected chi connectivity index (χ1v) is 6.72. The van der Waals surface area contributed by atoms with Crippen LogP contribution in [0.4, 0.5) is 0 Å². The molecule has 0 aromatic heterocycles. The summed E-state index contributed by atoms with van der Waals surface area (Å²) in [6, 6.07) is 6.24. The molecule has 0 bridgehead atoms. The minimum Gasteiger partial charge on any atom is -0.481 e. The fourth-order valence-corrected chi connectivity index (χ4v) is 2.50. The highest BCUT2D eigenvalue weighted by Gasteiger charge is 2.20. The van der Waals surface area contributed by atoms with Gasteiger partial charge in [-0.05, 0) is 17.7 Å². The molecule has 0 spiro atoms. The molecular formula is C12H15NO4S. The van der Waals surface area contributed by atoms with E-state index in [4.69, 9.17) is 5.11 Å². The molecule has 1 rings (SSSR count). The molecule has 0 heterocycles. The van der Waals surface area contributed by atoms with Crippen molar-refractivity contribution in [3.05, 3.63) is 36.4 Å². The summed E-state index contributed by atoms with van der Waals surface area (Å²) in [4.78, 5) is 10.6. The van der Waals surface area contributed by atoms with Gasteiger partial charge < -0.3 is 5.11 Å². The minimum absolute atomic E-state index is 0.0547. The molecule has 0 aliphatic carbocycles. The fraction of sp³-hybridized carbons (Fsp3) is 0.250. The van der Waals surface area contributed by atoms with Crippen molar-refractivity contribution in [2.45, 2.75) is 11.3 Å². The number of hydrogen-bond acceptors (Lipinski definition) is 3. The van der Waals surface area contributed by atoms with E-state index in [1.165, 1.54) is 19.2 Å². The first-order chi connectivity index (χ1) is 8.37. The Labute approximate surface area is 106 Å². The molecule has 0 aliphatic heterocycles. The summed E-state index contributed by atoms with van der Waals surface area (Å²) in [7, 11) is -2.26. The van der Waals surface area contributed by atoms with Crippen LogP contribution in [0.2, 0.25) is 0 Å². The second kappa shape index (κ2) is 5.79. The normalized spacial score (nSPS) is 11.4. The van der Waals surface area contributed by atoms with E-state index < -0.39 is 16.0 Å². The summed E-state index contributed by atoms with van der Waals surface area (Å²) in [6.45, 7) is 3.53. The zero-order valence-electron chi connectivity index (χ0n) is 10.0. The quantitative estimate of drug-likeness (QED) is 0.847. The van der Waals surface area contributed by atoms with Gasteiger partial charge in [0.25, 0.3) is 0 Å². The van der Waals surface area contributed by atoms with E-state index in [1.807, 2.05) is 0 Å². The monoisotopic (exact) mass is 269 g/mol. The Bertz CT molecular complexity index is 534. The van der Waals surface area contributed by atoms with Gasteiger partial charge in [-0.2, -0.15) is 0 Å². The second-order valence-corrected chi connectivity index (χ2v) is 5.79. The topological polar surface area (TPSA) is 74.7 Å². The maximum Gasteiger partial charge on any atom is 0.304 e. The molecule has 0 atom stereocenters. The van der Waals surface area contributed by atoms with Crippen molar-refractivity contribution in [2.24, 2.45) is 0 Å². The number of carboxylic acid groups (broad SMARTS) is 1. The van der Waals surface area contributed by atoms with E-state index in [0.29, 0.717) is 0 Å². The molecular weight excluding hydrogens is 254 g/mol. The largest absolute Gasteiger partial charge is 0.481 e. The summed E-state index contributed by atoms with van der Waals surface area (Å²) in [5, 5.41) is 8.53. The molecule has 0 aliphatic rings. The summed E-state index contributed by atoms with van der Waals surface area (Å²) in [6.07, 6.45) is 1.39. The standard InChI is InChI=1S/C12H15NO4S/c1-3-10-4-6-11(7-5-10)18(16,17)13(2)9-8-12(14)15/h3-7H,1,8-9H2,2H3,(H,14,15). The molecule has 5 nitrogen and oxygen atoms in total. The molecule has 98 valence electrons. The number of benzene rings is 1. The van der Waals surface area contributed by atoms with Crippen molar-refractivity contribution >= 4 is 22.1 Å². The zero-order valence-corrected chi connectivity index (χ0v) is 10.9. The lowest BCUT2D eigenvalue weighted by Crippen LogP contribution is -2.29. The van der Waals surface area contributed by atoms with Gasteiger partial charge >= 0.3 is 5.97 Å². The van der Waals surface area contributed by atoms with Crippen LogP contribution in [0.1, 0.15) is 12.0 Å². The van der Waals surface area contributed by atoms with Gasteiger partial charge in [0, 0.05) is 13.6 Å². The molecule has 0 saturated carbocycles. The lowest BCUT2D eigenvalue weighted by molar-refractivity contribution is -0.137. The van der Waals surface area contributed by atoms with Gasteiger partial charge in [-0.25, -0.2) is 12.7 Å². The number of hydrogen-bond donors (Lipinski definition) is 1. The summed E-state index contributed by atoms with van der Waals surface area (Å²) >= 11 is 0. The maximum atomic E-state index is 12.1. The van der Waals surface area contributed by atoms with Crippen LogP contribution in [-0.2, 0) is 14.8 Å². The number of nitrogens with zero attached hydrogens (tertiary/aromatic N) is 1. The summed E-state index contributed by atoms with van der Waals surface area (Å²) < 4.78 is 25.1. The van der Waals surface area contributed by atoms with E-state index >= 15 is 0 Å². The van der Waals surface area contributed by atoms with Crippen molar-refractivity contribution in [3.63, 3.8) is 0 Å². The lowest BCUT2D eigenvalue weighted by atomic mass is 10.2. The average Bonchev–Trinajstić information content (AvgIpc) is 2.35. The van der Waals surface area contributed by atoms with Gasteiger partial charge in [-0.15, -0.1) is 0 Å². The van der Waals surface area contributed by atoms with Gasteiger partial charge in [-0.3, -0.25) is 4.79 Å². The van der Waals surface area contributed by atoms with E-state index in [0.717, 1.165) is 9.87 Å². The summed E-state index contributed by atoms with van der Waals surface area (Å²) in [5.41, 5.74) is 0.821. The van der Waals surface area contributed by atoms with Crippen LogP contribution in [-0.4, -0.2) is 37.4 Å². The number of carbonyl (C=O) groups is 1. The fourth-order valence-electron chi connectivity index (χ4n) is 1.33. The van der Waals surface area contributed by atoms with Crippen LogP contribution in [0.25, 0.3) is 6.08 Å². The van der Waals surface area contributed by atoms with Crippen molar-refractivity contribution in [3.8, 4) is 0 Å². The Hall–Kier alpha value is -1.66. The third kappa shape index (κ3) is 3.41. The Balaban J connectivity index is 2.90. The summed E-state index contributed by atoms with van der Waals surface area (Å²) in [5.74, 6) is -1.03. The Morgan fingerprint density at radius 2 is 1.94 bits per heavy atom. The van der Waals surface area contributed by atoms with Crippen LogP contribution in [0.15, 0.2) is 35.7 Å². The van der Waals surface area contributed by atoms with Crippen molar-refractivity contribution in [2.75, 3.05) is 13.6 Å². The van der Waals surface area contributed by atoms with Crippen LogP contribution in [0.3, 0.4) is 0 Å². The highest BCUT2D eigenvalue weighted by atomic mass is 32.2. The Kier molecular flexibility index (Phi) is 4.63. The highest BCUT2D eigenvalue weighted by Crippen LogP contribution is 2.15. The maximum absolute atomic E-state index is 12.1. The molecule has 0 radical (unpaired) electrons. The molecule has 1 N–H and O–H groups in total. The van der Waals surface area contributed by atoms with Crippen LogP contribution >= 0.6 is 0 Å². The first kappa shape index (κ1) is 14.4. The molecule has 0 fully saturated rings. The molecule has 0 saturated heterocycles. The van der Waals surface area contributed by atoms with E-state index in [2.05, 4.69) is 6.58 Å². The van der Waals surface area contributed by atoms with Gasteiger partial charge in [0.2, 0.25) is 10.0 Å². The molecule has 0 amide bonds. The lowest BCUT2D eigenvalue weighted by Gasteiger charge is -2.16.